The monoisotopic (exact) mass is 297 g/mol. The Hall–Kier alpha value is -2.43. The Morgan fingerprint density at radius 3 is 3.05 bits per heavy atom. The average Bonchev–Trinajstić information content (AvgIpc) is 3.07. The summed E-state index contributed by atoms with van der Waals surface area (Å²) in [5, 5.41) is 0.698. The number of carbonyl (C=O) groups is 1. The molecule has 2 N–H and O–H groups in total. The summed E-state index contributed by atoms with van der Waals surface area (Å²) in [5.74, 6) is -0.295. The number of benzene rings is 1. The third-order valence-corrected chi connectivity index (χ3v) is 4.59. The van der Waals surface area contributed by atoms with Gasteiger partial charge in [-0.1, -0.05) is 12.1 Å². The molecule has 3 aromatic rings. The first-order chi connectivity index (χ1) is 10.6. The molecule has 0 saturated carbocycles. The largest absolute Gasteiger partial charge is 0.355 e. The number of H-pyrrole nitrogens is 2. The molecule has 1 aliphatic carbocycles. The van der Waals surface area contributed by atoms with Gasteiger partial charge in [0.15, 0.2) is 5.78 Å². The van der Waals surface area contributed by atoms with Crippen LogP contribution in [0.1, 0.15) is 33.9 Å². The number of aromatic amines is 2. The molecule has 0 spiro atoms. The minimum Gasteiger partial charge on any atom is -0.355 e. The number of halogens is 1. The Balaban J connectivity index is 1.75. The van der Waals surface area contributed by atoms with Crippen molar-refractivity contribution < 1.29 is 9.18 Å². The molecule has 0 saturated heterocycles. The lowest BCUT2D eigenvalue weighted by molar-refractivity contribution is 0.0902. The third kappa shape index (κ3) is 1.89. The number of hydrogen-bond acceptors (Lipinski definition) is 2. The van der Waals surface area contributed by atoms with E-state index in [0.717, 1.165) is 29.9 Å². The van der Waals surface area contributed by atoms with E-state index in [0.29, 0.717) is 22.9 Å². The number of imidazole rings is 1. The summed E-state index contributed by atoms with van der Waals surface area (Å²) in [5.41, 5.74) is 3.91. The first kappa shape index (κ1) is 13.2. The van der Waals surface area contributed by atoms with E-state index in [1.807, 2.05) is 13.0 Å². The maximum atomic E-state index is 13.9. The molecule has 22 heavy (non-hydrogen) atoms. The summed E-state index contributed by atoms with van der Waals surface area (Å²) in [6.45, 7) is 1.96. The van der Waals surface area contributed by atoms with E-state index in [1.165, 1.54) is 6.07 Å². The number of Topliss-reactive ketones (excluding diaryl/α,β-unsaturated/α-hetero) is 1. The predicted octanol–water partition coefficient (Wildman–Crippen LogP) is 3.33. The number of aromatic nitrogens is 3. The van der Waals surface area contributed by atoms with Crippen molar-refractivity contribution in [1.82, 2.24) is 15.0 Å². The average molecular weight is 297 g/mol. The molecule has 0 bridgehead atoms. The highest BCUT2D eigenvalue weighted by molar-refractivity contribution is 6.11. The summed E-state index contributed by atoms with van der Waals surface area (Å²) >= 11 is 0. The van der Waals surface area contributed by atoms with Crippen LogP contribution in [-0.4, -0.2) is 20.7 Å². The second kappa shape index (κ2) is 4.80. The van der Waals surface area contributed by atoms with Crippen LogP contribution < -0.4 is 0 Å². The molecule has 0 radical (unpaired) electrons. The molecule has 112 valence electrons. The van der Waals surface area contributed by atoms with Crippen LogP contribution in [0, 0.1) is 18.7 Å². The quantitative estimate of drug-likeness (QED) is 0.762. The molecule has 4 nitrogen and oxygen atoms in total. The first-order valence-electron chi connectivity index (χ1n) is 7.47. The number of carbonyl (C=O) groups excluding carboxylic acids is 1. The van der Waals surface area contributed by atoms with Gasteiger partial charge in [-0.25, -0.2) is 9.37 Å². The van der Waals surface area contributed by atoms with Crippen LogP contribution in [0.15, 0.2) is 24.5 Å². The molecule has 5 heteroatoms. The molecule has 0 aliphatic heterocycles. The van der Waals surface area contributed by atoms with Crippen molar-refractivity contribution >= 4 is 16.7 Å². The summed E-state index contributed by atoms with van der Waals surface area (Å²) in [7, 11) is 0. The number of nitrogens with one attached hydrogen (secondary N) is 2. The highest BCUT2D eigenvalue weighted by atomic mass is 19.1. The van der Waals surface area contributed by atoms with Gasteiger partial charge in [0.05, 0.1) is 17.5 Å². The molecular weight excluding hydrogens is 281 g/mol. The standard InChI is InChI=1S/C17H16FN3O/c1-9-14(20-8-19-9)7-10-5-6-13-15(17(10)22)11-3-2-4-12(18)16(11)21-13/h2-4,8,10,21H,5-7H2,1H3,(H,19,20). The van der Waals surface area contributed by atoms with Crippen LogP contribution in [0.25, 0.3) is 10.9 Å². The van der Waals surface area contributed by atoms with Gasteiger partial charge in [-0.05, 0) is 25.8 Å². The second-order valence-corrected chi connectivity index (χ2v) is 5.92. The molecule has 1 atom stereocenters. The molecule has 1 aromatic carbocycles. The summed E-state index contributed by atoms with van der Waals surface area (Å²) in [4.78, 5) is 23.3. The zero-order valence-electron chi connectivity index (χ0n) is 12.2. The number of aryl methyl sites for hydroxylation is 2. The Morgan fingerprint density at radius 1 is 1.41 bits per heavy atom. The maximum absolute atomic E-state index is 13.9. The fourth-order valence-electron chi connectivity index (χ4n) is 3.38. The molecule has 2 heterocycles. The van der Waals surface area contributed by atoms with Crippen LogP contribution in [0.5, 0.6) is 0 Å². The van der Waals surface area contributed by atoms with E-state index in [-0.39, 0.29) is 17.5 Å². The molecule has 0 fully saturated rings. The third-order valence-electron chi connectivity index (χ3n) is 4.59. The van der Waals surface area contributed by atoms with Crippen molar-refractivity contribution in [2.45, 2.75) is 26.2 Å². The highest BCUT2D eigenvalue weighted by Crippen LogP contribution is 2.34. The topological polar surface area (TPSA) is 61.5 Å². The second-order valence-electron chi connectivity index (χ2n) is 5.92. The number of rotatable bonds is 2. The predicted molar refractivity (Wildman–Crippen MR) is 81.4 cm³/mol. The van der Waals surface area contributed by atoms with Crippen LogP contribution >= 0.6 is 0 Å². The van der Waals surface area contributed by atoms with Crippen molar-refractivity contribution in [1.29, 1.82) is 0 Å². The SMILES string of the molecule is Cc1[nH]cnc1CC1CCc2[nH]c3c(F)cccc3c2C1=O. The van der Waals surface area contributed by atoms with Gasteiger partial charge in [0.1, 0.15) is 5.82 Å². The Morgan fingerprint density at radius 2 is 2.27 bits per heavy atom. The van der Waals surface area contributed by atoms with Gasteiger partial charge in [0.2, 0.25) is 0 Å². The molecule has 1 unspecified atom stereocenters. The molecule has 4 rings (SSSR count). The van der Waals surface area contributed by atoms with E-state index in [9.17, 15) is 9.18 Å². The van der Waals surface area contributed by atoms with Crippen molar-refractivity contribution in [3.63, 3.8) is 0 Å². The lowest BCUT2D eigenvalue weighted by Crippen LogP contribution is -2.24. The van der Waals surface area contributed by atoms with E-state index >= 15 is 0 Å². The van der Waals surface area contributed by atoms with Gasteiger partial charge in [-0.15, -0.1) is 0 Å². The first-order valence-corrected chi connectivity index (χ1v) is 7.47. The van der Waals surface area contributed by atoms with Crippen LogP contribution in [0.3, 0.4) is 0 Å². The minimum atomic E-state index is -0.306. The zero-order valence-corrected chi connectivity index (χ0v) is 12.2. The fourth-order valence-corrected chi connectivity index (χ4v) is 3.38. The molecule has 1 aliphatic rings. The van der Waals surface area contributed by atoms with Crippen molar-refractivity contribution in [3.8, 4) is 0 Å². The van der Waals surface area contributed by atoms with Gasteiger partial charge < -0.3 is 9.97 Å². The molecule has 0 amide bonds. The normalized spacial score (nSPS) is 17.9. The van der Waals surface area contributed by atoms with Gasteiger partial charge in [-0.2, -0.15) is 0 Å². The lowest BCUT2D eigenvalue weighted by atomic mass is 9.82. The van der Waals surface area contributed by atoms with Crippen LogP contribution in [0.2, 0.25) is 0 Å². The smallest absolute Gasteiger partial charge is 0.168 e. The number of fused-ring (bicyclic) bond motifs is 3. The Kier molecular flexibility index (Phi) is 2.89. The van der Waals surface area contributed by atoms with Crippen LogP contribution in [0.4, 0.5) is 4.39 Å². The maximum Gasteiger partial charge on any atom is 0.168 e. The molecular formula is C17H16FN3O. The summed E-state index contributed by atoms with van der Waals surface area (Å²) in [6, 6.07) is 4.88. The van der Waals surface area contributed by atoms with Gasteiger partial charge in [-0.3, -0.25) is 4.79 Å². The Labute approximate surface area is 126 Å². The van der Waals surface area contributed by atoms with Crippen molar-refractivity contribution in [2.75, 3.05) is 0 Å². The van der Waals surface area contributed by atoms with Gasteiger partial charge >= 0.3 is 0 Å². The Bertz CT molecular complexity index is 877. The summed E-state index contributed by atoms with van der Waals surface area (Å²) in [6.07, 6.45) is 3.83. The minimum absolute atomic E-state index is 0.0863. The van der Waals surface area contributed by atoms with Gasteiger partial charge in [0.25, 0.3) is 0 Å². The number of hydrogen-bond donors (Lipinski definition) is 2. The van der Waals surface area contributed by atoms with E-state index in [1.54, 1.807) is 12.4 Å². The molecule has 2 aromatic heterocycles. The van der Waals surface area contributed by atoms with Crippen molar-refractivity contribution in [2.24, 2.45) is 5.92 Å². The van der Waals surface area contributed by atoms with E-state index < -0.39 is 0 Å². The highest BCUT2D eigenvalue weighted by Gasteiger charge is 2.31. The van der Waals surface area contributed by atoms with Crippen LogP contribution in [-0.2, 0) is 12.8 Å². The van der Waals surface area contributed by atoms with Crippen molar-refractivity contribution in [3.05, 3.63) is 53.0 Å². The number of nitrogens with zero attached hydrogens (tertiary/aromatic N) is 1. The fraction of sp³-hybridized carbons (Fsp3) is 0.294. The summed E-state index contributed by atoms with van der Waals surface area (Å²) < 4.78 is 13.9. The van der Waals surface area contributed by atoms with Gasteiger partial charge in [0, 0.05) is 34.7 Å². The van der Waals surface area contributed by atoms with E-state index in [4.69, 9.17) is 0 Å². The lowest BCUT2D eigenvalue weighted by Gasteiger charge is -2.20. The number of para-hydroxylation sites is 1. The van der Waals surface area contributed by atoms with E-state index in [2.05, 4.69) is 15.0 Å². The zero-order chi connectivity index (χ0) is 15.3. The number of ketones is 1.